The van der Waals surface area contributed by atoms with E-state index in [0.717, 1.165) is 25.8 Å². The molecule has 0 radical (unpaired) electrons. The molecule has 0 N–H and O–H groups in total. The van der Waals surface area contributed by atoms with Gasteiger partial charge in [0.15, 0.2) is 0 Å². The lowest BCUT2D eigenvalue weighted by Gasteiger charge is -2.65. The SMILES string of the molecule is CSC(=S)OC(C)[C@]12CCCN3C(=O)CC[C@H](C1)[C@@H]32. The Hall–Kier alpha value is -0.290. The van der Waals surface area contributed by atoms with Crippen molar-refractivity contribution in [2.75, 3.05) is 12.8 Å². The van der Waals surface area contributed by atoms with E-state index >= 15 is 0 Å². The Balaban J connectivity index is 1.80. The molecule has 1 saturated carbocycles. The summed E-state index contributed by atoms with van der Waals surface area (Å²) in [7, 11) is 0. The average molecular weight is 299 g/mol. The molecule has 0 bridgehead atoms. The summed E-state index contributed by atoms with van der Waals surface area (Å²) in [6.45, 7) is 3.09. The predicted octanol–water partition coefficient (Wildman–Crippen LogP) is 2.83. The third-order valence-electron chi connectivity index (χ3n) is 5.35. The zero-order valence-electron chi connectivity index (χ0n) is 11.6. The summed E-state index contributed by atoms with van der Waals surface area (Å²) in [6.07, 6.45) is 7.39. The maximum atomic E-state index is 12.1. The van der Waals surface area contributed by atoms with Crippen LogP contribution in [0.15, 0.2) is 0 Å². The topological polar surface area (TPSA) is 29.5 Å². The molecular weight excluding hydrogens is 278 g/mol. The van der Waals surface area contributed by atoms with Gasteiger partial charge in [-0.2, -0.15) is 0 Å². The minimum Gasteiger partial charge on any atom is -0.475 e. The molecule has 1 amide bonds. The van der Waals surface area contributed by atoms with Crippen LogP contribution in [0.5, 0.6) is 0 Å². The Morgan fingerprint density at radius 3 is 3.16 bits per heavy atom. The number of carbonyl (C=O) groups excluding carboxylic acids is 1. The van der Waals surface area contributed by atoms with Gasteiger partial charge >= 0.3 is 0 Å². The molecule has 1 unspecified atom stereocenters. The first kappa shape index (κ1) is 13.7. The molecule has 19 heavy (non-hydrogen) atoms. The Morgan fingerprint density at radius 1 is 1.63 bits per heavy atom. The molecular formula is C14H21NO2S2. The Morgan fingerprint density at radius 2 is 2.42 bits per heavy atom. The standard InChI is InChI=1S/C14H21NO2S2/c1-9(17-13(18)19-2)14-6-3-7-15-11(16)5-4-10(8-14)12(14)15/h9-10,12H,3-8H2,1-2H3/t9?,10-,12-,14+/m1/s1. The van der Waals surface area contributed by atoms with E-state index in [2.05, 4.69) is 11.8 Å². The summed E-state index contributed by atoms with van der Waals surface area (Å²) in [5, 5.41) is 0. The number of piperidine rings is 2. The van der Waals surface area contributed by atoms with Crippen molar-refractivity contribution in [2.45, 2.75) is 51.2 Å². The Kier molecular flexibility index (Phi) is 3.54. The number of hydrogen-bond donors (Lipinski definition) is 0. The highest BCUT2D eigenvalue weighted by molar-refractivity contribution is 8.22. The number of hydrogen-bond acceptors (Lipinski definition) is 4. The van der Waals surface area contributed by atoms with E-state index in [1.54, 1.807) is 0 Å². The quantitative estimate of drug-likeness (QED) is 0.733. The van der Waals surface area contributed by atoms with E-state index in [9.17, 15) is 4.79 Å². The highest BCUT2D eigenvalue weighted by Gasteiger charge is 2.63. The predicted molar refractivity (Wildman–Crippen MR) is 81.2 cm³/mol. The number of carbonyl (C=O) groups is 1. The number of rotatable bonds is 2. The fraction of sp³-hybridized carbons (Fsp3) is 0.857. The van der Waals surface area contributed by atoms with Crippen LogP contribution >= 0.6 is 24.0 Å². The van der Waals surface area contributed by atoms with Gasteiger partial charge in [0.2, 0.25) is 10.3 Å². The second-order valence-electron chi connectivity index (χ2n) is 6.09. The highest BCUT2D eigenvalue weighted by Crippen LogP contribution is 2.60. The molecule has 0 aromatic carbocycles. The van der Waals surface area contributed by atoms with Crippen molar-refractivity contribution in [3.63, 3.8) is 0 Å². The molecule has 2 aliphatic heterocycles. The maximum Gasteiger partial charge on any atom is 0.222 e. The van der Waals surface area contributed by atoms with Gasteiger partial charge < -0.3 is 9.64 Å². The van der Waals surface area contributed by atoms with Crippen molar-refractivity contribution >= 4 is 34.3 Å². The fourth-order valence-electron chi connectivity index (χ4n) is 4.47. The van der Waals surface area contributed by atoms with Crippen LogP contribution in [0.25, 0.3) is 0 Å². The molecule has 2 heterocycles. The van der Waals surface area contributed by atoms with E-state index in [1.165, 1.54) is 24.6 Å². The fourth-order valence-corrected chi connectivity index (χ4v) is 4.86. The lowest BCUT2D eigenvalue weighted by Crippen LogP contribution is -2.71. The normalized spacial score (nSPS) is 38.2. The van der Waals surface area contributed by atoms with Crippen LogP contribution in [0.1, 0.15) is 39.0 Å². The number of thioether (sulfide) groups is 1. The maximum absolute atomic E-state index is 12.1. The van der Waals surface area contributed by atoms with Crippen LogP contribution in [-0.2, 0) is 9.53 Å². The zero-order valence-corrected chi connectivity index (χ0v) is 13.2. The summed E-state index contributed by atoms with van der Waals surface area (Å²) < 4.78 is 6.55. The highest BCUT2D eigenvalue weighted by atomic mass is 32.2. The van der Waals surface area contributed by atoms with Gasteiger partial charge in [-0.1, -0.05) is 11.8 Å². The number of nitrogens with zero attached hydrogens (tertiary/aromatic N) is 1. The molecule has 2 saturated heterocycles. The Bertz CT molecular complexity index is 414. The van der Waals surface area contributed by atoms with Crippen molar-refractivity contribution in [1.29, 1.82) is 0 Å². The van der Waals surface area contributed by atoms with Crippen molar-refractivity contribution < 1.29 is 9.53 Å². The summed E-state index contributed by atoms with van der Waals surface area (Å²) in [5.74, 6) is 1.05. The molecule has 106 valence electrons. The first-order valence-electron chi connectivity index (χ1n) is 7.12. The van der Waals surface area contributed by atoms with Gasteiger partial charge in [-0.05, 0) is 57.0 Å². The van der Waals surface area contributed by atoms with Crippen molar-refractivity contribution in [3.8, 4) is 0 Å². The van der Waals surface area contributed by atoms with Crippen LogP contribution in [0.2, 0.25) is 0 Å². The third-order valence-corrected chi connectivity index (χ3v) is 6.38. The van der Waals surface area contributed by atoms with Gasteiger partial charge in [0.1, 0.15) is 6.10 Å². The van der Waals surface area contributed by atoms with E-state index < -0.39 is 0 Å². The van der Waals surface area contributed by atoms with E-state index in [1.807, 2.05) is 6.26 Å². The summed E-state index contributed by atoms with van der Waals surface area (Å²) in [5.41, 5.74) is 0.165. The Labute approximate surface area is 124 Å². The van der Waals surface area contributed by atoms with Gasteiger partial charge in [0.25, 0.3) is 0 Å². The van der Waals surface area contributed by atoms with Crippen LogP contribution in [-0.4, -0.2) is 40.1 Å². The van der Waals surface area contributed by atoms with Gasteiger partial charge in [0.05, 0.1) is 0 Å². The van der Waals surface area contributed by atoms with Crippen LogP contribution in [0, 0.1) is 11.3 Å². The van der Waals surface area contributed by atoms with Crippen LogP contribution in [0.3, 0.4) is 0 Å². The van der Waals surface area contributed by atoms with Crippen LogP contribution < -0.4 is 0 Å². The van der Waals surface area contributed by atoms with E-state index in [4.69, 9.17) is 17.0 Å². The van der Waals surface area contributed by atoms with E-state index in [-0.39, 0.29) is 11.5 Å². The lowest BCUT2D eigenvalue weighted by atomic mass is 9.49. The van der Waals surface area contributed by atoms with Gasteiger partial charge in [-0.25, -0.2) is 0 Å². The molecule has 4 atom stereocenters. The second-order valence-corrected chi connectivity index (χ2v) is 7.49. The number of ether oxygens (including phenoxy) is 1. The third kappa shape index (κ3) is 2.00. The molecule has 3 nitrogen and oxygen atoms in total. The number of amides is 1. The van der Waals surface area contributed by atoms with Gasteiger partial charge in [-0.3, -0.25) is 4.79 Å². The molecule has 3 fully saturated rings. The van der Waals surface area contributed by atoms with Gasteiger partial charge in [-0.15, -0.1) is 0 Å². The molecule has 5 heteroatoms. The molecule has 3 aliphatic rings. The second kappa shape index (κ2) is 4.92. The summed E-state index contributed by atoms with van der Waals surface area (Å²) in [4.78, 5) is 14.2. The first-order valence-corrected chi connectivity index (χ1v) is 8.76. The zero-order chi connectivity index (χ0) is 13.6. The van der Waals surface area contributed by atoms with Crippen molar-refractivity contribution in [1.82, 2.24) is 4.90 Å². The summed E-state index contributed by atoms with van der Waals surface area (Å²) in [6, 6.07) is 0.419. The van der Waals surface area contributed by atoms with Crippen molar-refractivity contribution in [2.24, 2.45) is 11.3 Å². The minimum atomic E-state index is 0.127. The molecule has 0 aromatic heterocycles. The first-order chi connectivity index (χ1) is 9.08. The largest absolute Gasteiger partial charge is 0.475 e. The van der Waals surface area contributed by atoms with Crippen molar-refractivity contribution in [3.05, 3.63) is 0 Å². The molecule has 3 rings (SSSR count). The monoisotopic (exact) mass is 299 g/mol. The molecule has 0 aromatic rings. The molecule has 0 spiro atoms. The van der Waals surface area contributed by atoms with Gasteiger partial charge in [0, 0.05) is 24.4 Å². The number of thiocarbonyl (C=S) groups is 1. The molecule has 1 aliphatic carbocycles. The van der Waals surface area contributed by atoms with Crippen LogP contribution in [0.4, 0.5) is 0 Å². The summed E-state index contributed by atoms with van der Waals surface area (Å²) >= 11 is 6.69. The lowest BCUT2D eigenvalue weighted by molar-refractivity contribution is -0.192. The van der Waals surface area contributed by atoms with E-state index in [0.29, 0.717) is 22.2 Å². The minimum absolute atomic E-state index is 0.127. The smallest absolute Gasteiger partial charge is 0.222 e. The average Bonchev–Trinajstić information content (AvgIpc) is 2.38.